The third kappa shape index (κ3) is 2.12. The highest BCUT2D eigenvalue weighted by atomic mass is 16.7. The second-order valence-electron chi connectivity index (χ2n) is 10.4. The molecule has 0 aromatic heterocycles. The van der Waals surface area contributed by atoms with E-state index in [4.69, 9.17) is 9.47 Å². The third-order valence-electron chi connectivity index (χ3n) is 9.66. The number of carbonyl (C=O) groups is 1. The lowest BCUT2D eigenvalue weighted by atomic mass is 9.46. The molecule has 4 nitrogen and oxygen atoms in total. The van der Waals surface area contributed by atoms with E-state index in [1.165, 1.54) is 32.1 Å². The summed E-state index contributed by atoms with van der Waals surface area (Å²) in [5, 5.41) is 0. The number of hydrogen-bond donors (Lipinski definition) is 0. The monoisotopic (exact) mass is 361 g/mol. The maximum Gasteiger partial charge on any atom is 0.222 e. The van der Waals surface area contributed by atoms with Gasteiger partial charge < -0.3 is 14.4 Å². The lowest BCUT2D eigenvalue weighted by Crippen LogP contribution is -2.56. The minimum atomic E-state index is -0.292. The van der Waals surface area contributed by atoms with Gasteiger partial charge in [-0.05, 0) is 67.6 Å². The van der Waals surface area contributed by atoms with Crippen molar-refractivity contribution in [3.8, 4) is 0 Å². The molecule has 6 atom stereocenters. The van der Waals surface area contributed by atoms with Gasteiger partial charge in [0, 0.05) is 31.8 Å². The molecule has 3 aliphatic carbocycles. The maximum atomic E-state index is 12.4. The molecule has 4 heteroatoms. The first kappa shape index (κ1) is 17.5. The van der Waals surface area contributed by atoms with Crippen LogP contribution in [0.25, 0.3) is 0 Å². The Labute approximate surface area is 158 Å². The molecule has 2 saturated heterocycles. The summed E-state index contributed by atoms with van der Waals surface area (Å²) < 4.78 is 12.5. The second-order valence-corrected chi connectivity index (χ2v) is 10.4. The molecule has 0 radical (unpaired) electrons. The lowest BCUT2D eigenvalue weighted by Gasteiger charge is -2.59. The van der Waals surface area contributed by atoms with Crippen LogP contribution in [-0.4, -0.2) is 43.4 Å². The average molecular weight is 362 g/mol. The normalized spacial score (nSPS) is 50.3. The van der Waals surface area contributed by atoms with Crippen molar-refractivity contribution >= 4 is 5.91 Å². The predicted molar refractivity (Wildman–Crippen MR) is 99.4 cm³/mol. The van der Waals surface area contributed by atoms with Gasteiger partial charge in [-0.2, -0.15) is 0 Å². The molecular formula is C22H35NO3. The molecule has 1 spiro atoms. The van der Waals surface area contributed by atoms with E-state index in [0.29, 0.717) is 17.2 Å². The van der Waals surface area contributed by atoms with Crippen LogP contribution in [0.4, 0.5) is 0 Å². The molecule has 5 rings (SSSR count). The van der Waals surface area contributed by atoms with Crippen LogP contribution in [0.1, 0.15) is 65.2 Å². The number of nitrogens with zero attached hydrogens (tertiary/aromatic N) is 1. The zero-order valence-corrected chi connectivity index (χ0v) is 16.8. The lowest BCUT2D eigenvalue weighted by molar-refractivity contribution is -0.246. The standard InChI is InChI=1S/C22H35NO3/c1-20-9-8-19(24)23(3)14-15(20)4-5-16-17(20)6-10-21(2)18(16)7-11-22(21)25-12-13-26-22/h15-18H,4-14H2,1-3H3. The quantitative estimate of drug-likeness (QED) is 0.658. The largest absolute Gasteiger partial charge is 0.347 e. The summed E-state index contributed by atoms with van der Waals surface area (Å²) in [6.45, 7) is 7.49. The smallest absolute Gasteiger partial charge is 0.222 e. The Morgan fingerprint density at radius 3 is 2.46 bits per heavy atom. The number of hydrogen-bond acceptors (Lipinski definition) is 3. The first-order valence-corrected chi connectivity index (χ1v) is 10.9. The van der Waals surface area contributed by atoms with E-state index in [0.717, 1.165) is 56.8 Å². The Bertz CT molecular complexity index is 600. The molecule has 0 aromatic rings. The minimum absolute atomic E-state index is 0.186. The summed E-state index contributed by atoms with van der Waals surface area (Å²) in [5.41, 5.74) is 0.517. The van der Waals surface area contributed by atoms with Gasteiger partial charge in [-0.1, -0.05) is 13.8 Å². The molecule has 3 saturated carbocycles. The average Bonchev–Trinajstić information content (AvgIpc) is 3.19. The van der Waals surface area contributed by atoms with Crippen molar-refractivity contribution in [3.05, 3.63) is 0 Å². The van der Waals surface area contributed by atoms with E-state index in [9.17, 15) is 4.79 Å². The summed E-state index contributed by atoms with van der Waals surface area (Å²) in [6.07, 6.45) is 9.31. The van der Waals surface area contributed by atoms with Crippen LogP contribution >= 0.6 is 0 Å². The number of ether oxygens (including phenoxy) is 2. The van der Waals surface area contributed by atoms with Crippen molar-refractivity contribution < 1.29 is 14.3 Å². The zero-order valence-electron chi connectivity index (χ0n) is 16.8. The van der Waals surface area contributed by atoms with Crippen molar-refractivity contribution in [3.63, 3.8) is 0 Å². The van der Waals surface area contributed by atoms with Crippen molar-refractivity contribution in [1.82, 2.24) is 4.90 Å². The summed E-state index contributed by atoms with van der Waals surface area (Å²) in [5.74, 6) is 3.04. The number of fused-ring (bicyclic) bond motifs is 6. The first-order chi connectivity index (χ1) is 12.4. The molecule has 0 bridgehead atoms. The molecule has 0 N–H and O–H groups in total. The fourth-order valence-corrected chi connectivity index (χ4v) is 8.11. The molecule has 0 aromatic carbocycles. The van der Waals surface area contributed by atoms with Crippen LogP contribution in [-0.2, 0) is 14.3 Å². The molecule has 5 aliphatic rings. The number of amides is 1. The molecule has 1 amide bonds. The summed E-state index contributed by atoms with van der Waals surface area (Å²) in [4.78, 5) is 14.4. The van der Waals surface area contributed by atoms with Crippen LogP contribution in [0.3, 0.4) is 0 Å². The van der Waals surface area contributed by atoms with E-state index in [1.807, 2.05) is 11.9 Å². The molecule has 26 heavy (non-hydrogen) atoms. The Balaban J connectivity index is 1.45. The van der Waals surface area contributed by atoms with E-state index in [2.05, 4.69) is 13.8 Å². The number of carbonyl (C=O) groups excluding carboxylic acids is 1. The van der Waals surface area contributed by atoms with Crippen LogP contribution in [0.15, 0.2) is 0 Å². The van der Waals surface area contributed by atoms with E-state index >= 15 is 0 Å². The fourth-order valence-electron chi connectivity index (χ4n) is 8.11. The molecule has 5 fully saturated rings. The Morgan fingerprint density at radius 2 is 1.69 bits per heavy atom. The SMILES string of the molecule is CN1CC2CCC3C(CCC4(C)C3CCC43OCCO3)C2(C)CCC1=O. The van der Waals surface area contributed by atoms with Crippen LogP contribution < -0.4 is 0 Å². The number of likely N-dealkylation sites (tertiary alicyclic amines) is 1. The first-order valence-electron chi connectivity index (χ1n) is 10.9. The second kappa shape index (κ2) is 5.70. The fraction of sp³-hybridized carbons (Fsp3) is 0.955. The van der Waals surface area contributed by atoms with Crippen molar-refractivity contribution in [2.24, 2.45) is 34.5 Å². The summed E-state index contributed by atoms with van der Waals surface area (Å²) >= 11 is 0. The van der Waals surface area contributed by atoms with Crippen LogP contribution in [0.2, 0.25) is 0 Å². The van der Waals surface area contributed by atoms with Gasteiger partial charge >= 0.3 is 0 Å². The van der Waals surface area contributed by atoms with Gasteiger partial charge in [-0.25, -0.2) is 0 Å². The van der Waals surface area contributed by atoms with Gasteiger partial charge in [0.05, 0.1) is 13.2 Å². The Kier molecular flexibility index (Phi) is 3.83. The van der Waals surface area contributed by atoms with E-state index in [1.54, 1.807) is 0 Å². The van der Waals surface area contributed by atoms with E-state index < -0.39 is 0 Å². The van der Waals surface area contributed by atoms with Gasteiger partial charge in [-0.15, -0.1) is 0 Å². The van der Waals surface area contributed by atoms with Gasteiger partial charge in [0.1, 0.15) is 0 Å². The van der Waals surface area contributed by atoms with Gasteiger partial charge in [0.2, 0.25) is 5.91 Å². The zero-order chi connectivity index (χ0) is 18.2. The highest BCUT2D eigenvalue weighted by Crippen LogP contribution is 2.68. The Morgan fingerprint density at radius 1 is 0.962 bits per heavy atom. The van der Waals surface area contributed by atoms with E-state index in [-0.39, 0.29) is 11.2 Å². The van der Waals surface area contributed by atoms with Crippen LogP contribution in [0, 0.1) is 34.5 Å². The highest BCUT2D eigenvalue weighted by Gasteiger charge is 2.67. The summed E-state index contributed by atoms with van der Waals surface area (Å²) in [6, 6.07) is 0. The third-order valence-corrected chi connectivity index (χ3v) is 9.66. The molecule has 2 heterocycles. The maximum absolute atomic E-state index is 12.4. The highest BCUT2D eigenvalue weighted by molar-refractivity contribution is 5.76. The Hall–Kier alpha value is -0.610. The van der Waals surface area contributed by atoms with Gasteiger partial charge in [0.25, 0.3) is 0 Å². The minimum Gasteiger partial charge on any atom is -0.347 e. The number of rotatable bonds is 0. The van der Waals surface area contributed by atoms with Crippen molar-refractivity contribution in [2.45, 2.75) is 71.0 Å². The van der Waals surface area contributed by atoms with Crippen molar-refractivity contribution in [1.29, 1.82) is 0 Å². The topological polar surface area (TPSA) is 38.8 Å². The molecule has 2 aliphatic heterocycles. The molecule has 6 unspecified atom stereocenters. The predicted octanol–water partition coefficient (Wildman–Crippen LogP) is 3.84. The molecular weight excluding hydrogens is 326 g/mol. The molecule has 146 valence electrons. The van der Waals surface area contributed by atoms with Gasteiger partial charge in [-0.3, -0.25) is 4.79 Å². The van der Waals surface area contributed by atoms with Crippen molar-refractivity contribution in [2.75, 3.05) is 26.8 Å². The van der Waals surface area contributed by atoms with Crippen LogP contribution in [0.5, 0.6) is 0 Å². The van der Waals surface area contributed by atoms with Gasteiger partial charge in [0.15, 0.2) is 5.79 Å². The summed E-state index contributed by atoms with van der Waals surface area (Å²) in [7, 11) is 2.01.